The Labute approximate surface area is 128 Å². The summed E-state index contributed by atoms with van der Waals surface area (Å²) in [6.45, 7) is 0.435. The smallest absolute Gasteiger partial charge is 0.266 e. The van der Waals surface area contributed by atoms with Crippen LogP contribution in [-0.2, 0) is 16.1 Å². The van der Waals surface area contributed by atoms with Crippen LogP contribution in [0.3, 0.4) is 0 Å². The highest BCUT2D eigenvalue weighted by molar-refractivity contribution is 5.99. The van der Waals surface area contributed by atoms with Crippen LogP contribution in [0.1, 0.15) is 12.0 Å². The molecule has 0 spiro atoms. The lowest BCUT2D eigenvalue weighted by Crippen LogP contribution is -2.40. The van der Waals surface area contributed by atoms with E-state index in [1.54, 1.807) is 12.1 Å². The average molecular weight is 296 g/mol. The molecule has 0 saturated carbocycles. The van der Waals surface area contributed by atoms with Crippen LogP contribution >= 0.6 is 0 Å². The maximum Gasteiger partial charge on any atom is 0.266 e. The molecule has 3 rings (SSSR count). The van der Waals surface area contributed by atoms with E-state index in [0.717, 1.165) is 5.56 Å². The van der Waals surface area contributed by atoms with E-state index in [-0.39, 0.29) is 18.2 Å². The normalized spacial score (nSPS) is 16.2. The minimum absolute atomic E-state index is 0.00694. The molecule has 0 bridgehead atoms. The molecule has 5 heteroatoms. The second kappa shape index (κ2) is 6.30. The number of benzene rings is 2. The van der Waals surface area contributed by atoms with Crippen LogP contribution in [0.25, 0.3) is 0 Å². The molecule has 5 nitrogen and oxygen atoms in total. The van der Waals surface area contributed by atoms with Gasteiger partial charge in [0.05, 0.1) is 12.1 Å². The van der Waals surface area contributed by atoms with Crippen molar-refractivity contribution in [1.82, 2.24) is 5.32 Å². The van der Waals surface area contributed by atoms with E-state index in [2.05, 4.69) is 10.6 Å². The molecule has 112 valence electrons. The molecule has 1 atom stereocenters. The highest BCUT2D eigenvalue weighted by atomic mass is 16.5. The molecule has 0 aromatic heterocycles. The number of hydrogen-bond donors (Lipinski definition) is 2. The highest BCUT2D eigenvalue weighted by Gasteiger charge is 2.29. The molecule has 22 heavy (non-hydrogen) atoms. The van der Waals surface area contributed by atoms with Crippen molar-refractivity contribution in [3.8, 4) is 5.75 Å². The molecule has 1 heterocycles. The number of rotatable bonds is 4. The van der Waals surface area contributed by atoms with E-state index in [1.165, 1.54) is 0 Å². The van der Waals surface area contributed by atoms with Gasteiger partial charge in [-0.05, 0) is 17.7 Å². The van der Waals surface area contributed by atoms with Gasteiger partial charge in [0.1, 0.15) is 5.75 Å². The standard InChI is InChI=1S/C17H16N2O3/c20-16(18-11-12-6-2-1-3-7-12)10-15-17(21)19-13-8-4-5-9-14(13)22-15/h1-9,15H,10-11H2,(H,18,20)(H,19,21)/t15-/m0/s1. The third kappa shape index (κ3) is 3.25. The van der Waals surface area contributed by atoms with Crippen molar-refractivity contribution in [2.75, 3.05) is 5.32 Å². The zero-order valence-electron chi connectivity index (χ0n) is 11.9. The Bertz CT molecular complexity index is 685. The van der Waals surface area contributed by atoms with E-state index in [1.807, 2.05) is 42.5 Å². The van der Waals surface area contributed by atoms with Gasteiger partial charge in [0.15, 0.2) is 6.10 Å². The summed E-state index contributed by atoms with van der Waals surface area (Å²) in [6.07, 6.45) is -0.807. The molecule has 1 aliphatic heterocycles. The first-order valence-electron chi connectivity index (χ1n) is 7.09. The van der Waals surface area contributed by atoms with Gasteiger partial charge < -0.3 is 15.4 Å². The summed E-state index contributed by atoms with van der Waals surface area (Å²) in [5.74, 6) is 0.0694. The summed E-state index contributed by atoms with van der Waals surface area (Å²) >= 11 is 0. The predicted octanol–water partition coefficient (Wildman–Crippen LogP) is 2.09. The van der Waals surface area contributed by atoms with Crippen molar-refractivity contribution in [2.24, 2.45) is 0 Å². The number of nitrogens with one attached hydrogen (secondary N) is 2. The van der Waals surface area contributed by atoms with Gasteiger partial charge in [-0.15, -0.1) is 0 Å². The molecular formula is C17H16N2O3. The van der Waals surface area contributed by atoms with Crippen molar-refractivity contribution in [2.45, 2.75) is 19.1 Å². The number of hydrogen-bond acceptors (Lipinski definition) is 3. The Hall–Kier alpha value is -2.82. The van der Waals surface area contributed by atoms with Crippen LogP contribution in [0.15, 0.2) is 54.6 Å². The molecular weight excluding hydrogens is 280 g/mol. The third-order valence-corrected chi connectivity index (χ3v) is 3.41. The van der Waals surface area contributed by atoms with E-state index in [9.17, 15) is 9.59 Å². The van der Waals surface area contributed by atoms with Crippen LogP contribution in [-0.4, -0.2) is 17.9 Å². The summed E-state index contributed by atoms with van der Waals surface area (Å²) in [5, 5.41) is 5.54. The lowest BCUT2D eigenvalue weighted by atomic mass is 10.1. The Morgan fingerprint density at radius 3 is 2.64 bits per heavy atom. The average Bonchev–Trinajstić information content (AvgIpc) is 2.55. The fourth-order valence-corrected chi connectivity index (χ4v) is 2.26. The quantitative estimate of drug-likeness (QED) is 0.908. The summed E-state index contributed by atoms with van der Waals surface area (Å²) < 4.78 is 5.59. The molecule has 2 aromatic carbocycles. The van der Waals surface area contributed by atoms with Gasteiger partial charge in [-0.2, -0.15) is 0 Å². The number of carbonyl (C=O) groups is 2. The van der Waals surface area contributed by atoms with Gasteiger partial charge in [0.25, 0.3) is 5.91 Å². The first-order valence-corrected chi connectivity index (χ1v) is 7.09. The number of fused-ring (bicyclic) bond motifs is 1. The van der Waals surface area contributed by atoms with Gasteiger partial charge in [0.2, 0.25) is 5.91 Å². The number of para-hydroxylation sites is 2. The number of anilines is 1. The van der Waals surface area contributed by atoms with E-state index < -0.39 is 6.10 Å². The molecule has 1 aliphatic rings. The summed E-state index contributed by atoms with van der Waals surface area (Å²) in [5.41, 5.74) is 1.64. The van der Waals surface area contributed by atoms with E-state index in [4.69, 9.17) is 4.74 Å². The monoisotopic (exact) mass is 296 g/mol. The predicted molar refractivity (Wildman–Crippen MR) is 82.4 cm³/mol. The largest absolute Gasteiger partial charge is 0.478 e. The summed E-state index contributed by atoms with van der Waals surface area (Å²) in [7, 11) is 0. The maximum atomic E-state index is 12.0. The topological polar surface area (TPSA) is 67.4 Å². The van der Waals surface area contributed by atoms with Crippen molar-refractivity contribution in [3.05, 3.63) is 60.2 Å². The SMILES string of the molecule is O=C(C[C@@H]1Oc2ccccc2NC1=O)NCc1ccccc1. The summed E-state index contributed by atoms with van der Waals surface area (Å²) in [6, 6.07) is 16.8. The molecule has 2 aromatic rings. The highest BCUT2D eigenvalue weighted by Crippen LogP contribution is 2.29. The fourth-order valence-electron chi connectivity index (χ4n) is 2.26. The van der Waals surface area contributed by atoms with Crippen LogP contribution in [0, 0.1) is 0 Å². The number of ether oxygens (including phenoxy) is 1. The van der Waals surface area contributed by atoms with Gasteiger partial charge in [0, 0.05) is 6.54 Å². The maximum absolute atomic E-state index is 12.0. The first kappa shape index (κ1) is 14.1. The van der Waals surface area contributed by atoms with Crippen LogP contribution in [0.4, 0.5) is 5.69 Å². The zero-order valence-corrected chi connectivity index (χ0v) is 11.9. The lowest BCUT2D eigenvalue weighted by Gasteiger charge is -2.25. The minimum atomic E-state index is -0.800. The van der Waals surface area contributed by atoms with Gasteiger partial charge in [-0.3, -0.25) is 9.59 Å². The summed E-state index contributed by atoms with van der Waals surface area (Å²) in [4.78, 5) is 23.9. The number of amides is 2. The van der Waals surface area contributed by atoms with Crippen LogP contribution in [0.5, 0.6) is 5.75 Å². The lowest BCUT2D eigenvalue weighted by molar-refractivity contribution is -0.130. The Balaban J connectivity index is 1.57. The van der Waals surface area contributed by atoms with Gasteiger partial charge in [-0.25, -0.2) is 0 Å². The van der Waals surface area contributed by atoms with Crippen LogP contribution < -0.4 is 15.4 Å². The van der Waals surface area contributed by atoms with Gasteiger partial charge in [-0.1, -0.05) is 42.5 Å². The van der Waals surface area contributed by atoms with Crippen molar-refractivity contribution in [3.63, 3.8) is 0 Å². The third-order valence-electron chi connectivity index (χ3n) is 3.41. The minimum Gasteiger partial charge on any atom is -0.478 e. The molecule has 0 aliphatic carbocycles. The van der Waals surface area contributed by atoms with Crippen LogP contribution in [0.2, 0.25) is 0 Å². The van der Waals surface area contributed by atoms with Gasteiger partial charge >= 0.3 is 0 Å². The second-order valence-corrected chi connectivity index (χ2v) is 5.06. The molecule has 2 N–H and O–H groups in total. The first-order chi connectivity index (χ1) is 10.7. The van der Waals surface area contributed by atoms with Crippen molar-refractivity contribution in [1.29, 1.82) is 0 Å². The molecule has 0 unspecified atom stereocenters. The van der Waals surface area contributed by atoms with E-state index >= 15 is 0 Å². The zero-order chi connectivity index (χ0) is 15.4. The second-order valence-electron chi connectivity index (χ2n) is 5.06. The molecule has 0 radical (unpaired) electrons. The molecule has 2 amide bonds. The molecule has 0 fully saturated rings. The number of carbonyl (C=O) groups excluding carboxylic acids is 2. The Kier molecular flexibility index (Phi) is 4.05. The Morgan fingerprint density at radius 1 is 1.09 bits per heavy atom. The van der Waals surface area contributed by atoms with Crippen molar-refractivity contribution < 1.29 is 14.3 Å². The van der Waals surface area contributed by atoms with Crippen molar-refractivity contribution >= 4 is 17.5 Å². The Morgan fingerprint density at radius 2 is 1.82 bits per heavy atom. The van der Waals surface area contributed by atoms with E-state index in [0.29, 0.717) is 18.0 Å². The molecule has 0 saturated heterocycles. The fraction of sp³-hybridized carbons (Fsp3) is 0.176.